The lowest BCUT2D eigenvalue weighted by molar-refractivity contribution is 1.06. The second-order valence-corrected chi connectivity index (χ2v) is 3.92. The minimum absolute atomic E-state index is 0.0244. The molecule has 0 saturated heterocycles. The summed E-state index contributed by atoms with van der Waals surface area (Å²) in [5.74, 6) is -0.0244. The van der Waals surface area contributed by atoms with Crippen LogP contribution in [0, 0.1) is 13.8 Å². The van der Waals surface area contributed by atoms with Crippen LogP contribution in [0.4, 0.5) is 5.95 Å². The molecule has 0 amide bonds. The Kier molecular flexibility index (Phi) is 3.12. The highest BCUT2D eigenvalue weighted by molar-refractivity contribution is 5.63. The summed E-state index contributed by atoms with van der Waals surface area (Å²) < 4.78 is 0. The summed E-state index contributed by atoms with van der Waals surface area (Å²) in [7, 11) is 0. The molecule has 1 aromatic heterocycles. The molecular weight excluding hydrogens is 230 g/mol. The number of hydrogen-bond donors (Lipinski definition) is 1. The number of hydrogen-bond acceptors (Lipinski definition) is 3. The molecule has 0 atom stereocenters. The summed E-state index contributed by atoms with van der Waals surface area (Å²) in [5, 5.41) is 3.33. The van der Waals surface area contributed by atoms with E-state index in [0.29, 0.717) is 11.3 Å². The normalized spacial score (nSPS) is 9.89. The lowest BCUT2D eigenvalue weighted by Gasteiger charge is -2.05. The van der Waals surface area contributed by atoms with Crippen LogP contribution in [0.2, 0.25) is 0 Å². The van der Waals surface area contributed by atoms with E-state index in [2.05, 4.69) is 20.0 Å². The second kappa shape index (κ2) is 4.73. The molecule has 0 aliphatic rings. The molecule has 6 nitrogen and oxygen atoms in total. The maximum absolute atomic E-state index is 11.7. The molecule has 1 aromatic carbocycles. The third-order valence-corrected chi connectivity index (χ3v) is 2.60. The number of azide groups is 1. The number of aromatic amines is 1. The molecule has 1 N–H and O–H groups in total. The summed E-state index contributed by atoms with van der Waals surface area (Å²) in [4.78, 5) is 20.9. The van der Waals surface area contributed by atoms with E-state index in [9.17, 15) is 4.79 Å². The van der Waals surface area contributed by atoms with Gasteiger partial charge in [0.15, 0.2) is 5.95 Å². The lowest BCUT2D eigenvalue weighted by Crippen LogP contribution is -2.12. The van der Waals surface area contributed by atoms with Gasteiger partial charge >= 0.3 is 0 Å². The Labute approximate surface area is 103 Å². The zero-order chi connectivity index (χ0) is 13.1. The highest BCUT2D eigenvalue weighted by Gasteiger charge is 2.08. The maximum atomic E-state index is 11.7. The number of rotatable bonds is 2. The number of H-pyrrole nitrogens is 1. The summed E-state index contributed by atoms with van der Waals surface area (Å²) >= 11 is 0. The van der Waals surface area contributed by atoms with Crippen molar-refractivity contribution in [1.82, 2.24) is 9.97 Å². The zero-order valence-corrected chi connectivity index (χ0v) is 10.0. The molecule has 18 heavy (non-hydrogen) atoms. The monoisotopic (exact) mass is 241 g/mol. The molecule has 0 unspecified atom stereocenters. The summed E-state index contributed by atoms with van der Waals surface area (Å²) in [6, 6.07) is 7.63. The predicted octanol–water partition coefficient (Wildman–Crippen LogP) is 3.00. The zero-order valence-electron chi connectivity index (χ0n) is 10.0. The molecule has 0 fully saturated rings. The average Bonchev–Trinajstić information content (AvgIpc) is 2.35. The van der Waals surface area contributed by atoms with Crippen LogP contribution in [0.3, 0.4) is 0 Å². The van der Waals surface area contributed by atoms with Gasteiger partial charge in [0.1, 0.15) is 0 Å². The van der Waals surface area contributed by atoms with Gasteiger partial charge in [0.25, 0.3) is 5.56 Å². The van der Waals surface area contributed by atoms with Crippen LogP contribution >= 0.6 is 0 Å². The van der Waals surface area contributed by atoms with Gasteiger partial charge in [-0.1, -0.05) is 29.8 Å². The first kappa shape index (κ1) is 11.9. The second-order valence-electron chi connectivity index (χ2n) is 3.92. The third kappa shape index (κ3) is 2.23. The molecule has 2 aromatic rings. The summed E-state index contributed by atoms with van der Waals surface area (Å²) in [5.41, 5.74) is 11.0. The Morgan fingerprint density at radius 3 is 2.56 bits per heavy atom. The van der Waals surface area contributed by atoms with Gasteiger partial charge in [0, 0.05) is 16.0 Å². The fourth-order valence-electron chi connectivity index (χ4n) is 1.60. The van der Waals surface area contributed by atoms with Crippen molar-refractivity contribution in [2.45, 2.75) is 13.8 Å². The molecule has 0 radical (unpaired) electrons. The van der Waals surface area contributed by atoms with Crippen molar-refractivity contribution in [2.75, 3.05) is 0 Å². The van der Waals surface area contributed by atoms with Crippen LogP contribution in [-0.4, -0.2) is 9.97 Å². The Balaban J connectivity index is 2.66. The van der Waals surface area contributed by atoms with Crippen molar-refractivity contribution in [1.29, 1.82) is 0 Å². The number of aryl methyl sites for hydroxylation is 1. The topological polar surface area (TPSA) is 94.5 Å². The van der Waals surface area contributed by atoms with E-state index in [-0.39, 0.29) is 11.5 Å². The Bertz CT molecular complexity index is 681. The largest absolute Gasteiger partial charge is 0.305 e. The van der Waals surface area contributed by atoms with Crippen molar-refractivity contribution in [3.63, 3.8) is 0 Å². The SMILES string of the molecule is Cc1ccc(-c2nc(N=[N+]=[N-])[nH]c(=O)c2C)cc1. The maximum Gasteiger partial charge on any atom is 0.254 e. The van der Waals surface area contributed by atoms with Crippen molar-refractivity contribution in [3.8, 4) is 11.3 Å². The summed E-state index contributed by atoms with van der Waals surface area (Å²) in [6.45, 7) is 3.66. The van der Waals surface area contributed by atoms with Gasteiger partial charge in [-0.25, -0.2) is 4.98 Å². The van der Waals surface area contributed by atoms with E-state index in [4.69, 9.17) is 5.53 Å². The Morgan fingerprint density at radius 2 is 1.94 bits per heavy atom. The van der Waals surface area contributed by atoms with E-state index >= 15 is 0 Å². The van der Waals surface area contributed by atoms with E-state index in [1.54, 1.807) is 6.92 Å². The first-order valence-electron chi connectivity index (χ1n) is 5.35. The van der Waals surface area contributed by atoms with Crippen LogP contribution in [0.25, 0.3) is 21.7 Å². The number of aromatic nitrogens is 2. The van der Waals surface area contributed by atoms with Crippen LogP contribution < -0.4 is 5.56 Å². The standard InChI is InChI=1S/C12H11N5O/c1-7-3-5-9(6-4-7)10-8(2)11(18)15-12(14-10)16-17-13/h3-6H,1-2H3,(H,14,15,18). The highest BCUT2D eigenvalue weighted by Crippen LogP contribution is 2.20. The first-order valence-corrected chi connectivity index (χ1v) is 5.35. The van der Waals surface area contributed by atoms with Gasteiger partial charge in [-0.3, -0.25) is 4.79 Å². The van der Waals surface area contributed by atoms with Crippen molar-refractivity contribution >= 4 is 5.95 Å². The number of nitrogens with zero attached hydrogens (tertiary/aromatic N) is 4. The summed E-state index contributed by atoms with van der Waals surface area (Å²) in [6.07, 6.45) is 0. The van der Waals surface area contributed by atoms with Gasteiger partial charge in [-0.05, 0) is 24.5 Å². The Morgan fingerprint density at radius 1 is 1.28 bits per heavy atom. The molecule has 0 saturated carbocycles. The quantitative estimate of drug-likeness (QED) is 0.497. The minimum atomic E-state index is -0.303. The van der Waals surface area contributed by atoms with Crippen LogP contribution in [0.1, 0.15) is 11.1 Å². The molecule has 2 rings (SSSR count). The minimum Gasteiger partial charge on any atom is -0.305 e. The smallest absolute Gasteiger partial charge is 0.254 e. The molecule has 0 spiro atoms. The molecule has 90 valence electrons. The van der Waals surface area contributed by atoms with Gasteiger partial charge in [0.2, 0.25) is 0 Å². The van der Waals surface area contributed by atoms with Gasteiger partial charge in [0.05, 0.1) is 5.69 Å². The Hall–Kier alpha value is -2.59. The molecule has 1 heterocycles. The fourth-order valence-corrected chi connectivity index (χ4v) is 1.60. The van der Waals surface area contributed by atoms with Crippen LogP contribution in [-0.2, 0) is 0 Å². The van der Waals surface area contributed by atoms with Gasteiger partial charge in [-0.2, -0.15) is 0 Å². The van der Waals surface area contributed by atoms with Crippen molar-refractivity contribution in [2.24, 2.45) is 5.11 Å². The van der Waals surface area contributed by atoms with Crippen molar-refractivity contribution in [3.05, 3.63) is 56.2 Å². The van der Waals surface area contributed by atoms with E-state index in [1.165, 1.54) is 0 Å². The van der Waals surface area contributed by atoms with Crippen LogP contribution in [0.5, 0.6) is 0 Å². The van der Waals surface area contributed by atoms with Gasteiger partial charge in [-0.15, -0.1) is 0 Å². The molecular formula is C12H11N5O. The first-order chi connectivity index (χ1) is 8.61. The van der Waals surface area contributed by atoms with E-state index < -0.39 is 0 Å². The molecule has 0 aliphatic heterocycles. The highest BCUT2D eigenvalue weighted by atomic mass is 16.1. The van der Waals surface area contributed by atoms with Crippen molar-refractivity contribution < 1.29 is 0 Å². The van der Waals surface area contributed by atoms with E-state index in [1.807, 2.05) is 31.2 Å². The molecule has 6 heteroatoms. The fraction of sp³-hybridized carbons (Fsp3) is 0.167. The number of benzene rings is 1. The lowest BCUT2D eigenvalue weighted by atomic mass is 10.1. The predicted molar refractivity (Wildman–Crippen MR) is 68.6 cm³/mol. The average molecular weight is 241 g/mol. The number of nitrogens with one attached hydrogen (secondary N) is 1. The van der Waals surface area contributed by atoms with Crippen LogP contribution in [0.15, 0.2) is 34.2 Å². The molecule has 0 bridgehead atoms. The van der Waals surface area contributed by atoms with Gasteiger partial charge < -0.3 is 4.98 Å². The molecule has 0 aliphatic carbocycles. The third-order valence-electron chi connectivity index (χ3n) is 2.60. The van der Waals surface area contributed by atoms with E-state index in [0.717, 1.165) is 11.1 Å².